The number of aliphatic hydroxyl groups excluding tert-OH is 1. The van der Waals surface area contributed by atoms with Gasteiger partial charge < -0.3 is 5.11 Å². The first-order valence-corrected chi connectivity index (χ1v) is 8.48. The maximum absolute atomic E-state index is 12.3. The molecule has 20 heavy (non-hydrogen) atoms. The molecule has 2 N–H and O–H groups in total. The molecule has 0 aliphatic rings. The van der Waals surface area contributed by atoms with Crippen molar-refractivity contribution in [3.8, 4) is 0 Å². The highest BCUT2D eigenvalue weighted by atomic mass is 32.2. The lowest BCUT2D eigenvalue weighted by atomic mass is 10.2. The van der Waals surface area contributed by atoms with Crippen LogP contribution in [0.2, 0.25) is 0 Å². The Balaban J connectivity index is 2.21. The lowest BCUT2D eigenvalue weighted by Gasteiger charge is -2.10. The van der Waals surface area contributed by atoms with Gasteiger partial charge in [0.1, 0.15) is 0 Å². The fourth-order valence-corrected chi connectivity index (χ4v) is 4.08. The van der Waals surface area contributed by atoms with E-state index in [0.717, 1.165) is 9.75 Å². The van der Waals surface area contributed by atoms with Gasteiger partial charge in [-0.05, 0) is 43.2 Å². The molecule has 0 spiro atoms. The monoisotopic (exact) mass is 311 g/mol. The van der Waals surface area contributed by atoms with Gasteiger partial charge in [-0.15, -0.1) is 11.3 Å². The van der Waals surface area contributed by atoms with Crippen LogP contribution in [0.15, 0.2) is 35.2 Å². The van der Waals surface area contributed by atoms with Crippen LogP contribution >= 0.6 is 11.3 Å². The van der Waals surface area contributed by atoms with Crippen LogP contribution < -0.4 is 4.72 Å². The quantitative estimate of drug-likeness (QED) is 0.890. The van der Waals surface area contributed by atoms with Crippen LogP contribution in [0.25, 0.3) is 0 Å². The Morgan fingerprint density at radius 2 is 1.95 bits per heavy atom. The largest absolute Gasteiger partial charge is 0.392 e. The van der Waals surface area contributed by atoms with Crippen LogP contribution in [0.1, 0.15) is 20.9 Å². The molecule has 0 atom stereocenters. The zero-order chi connectivity index (χ0) is 14.8. The number of thiophene rings is 1. The molecule has 0 aliphatic carbocycles. The molecular weight excluding hydrogens is 294 g/mol. The van der Waals surface area contributed by atoms with E-state index in [1.165, 1.54) is 6.07 Å². The van der Waals surface area contributed by atoms with Crippen molar-refractivity contribution in [3.05, 3.63) is 51.2 Å². The molecule has 1 aromatic heterocycles. The fourth-order valence-electron chi connectivity index (χ4n) is 1.86. The Kier molecular flexibility index (Phi) is 4.59. The standard InChI is InChI=1S/C14H17NO3S2/c1-10-3-5-12(9-16)7-14(10)20(17,18)15-8-13-6-4-11(2)19-13/h3-7,15-16H,8-9H2,1-2H3. The number of benzene rings is 1. The lowest BCUT2D eigenvalue weighted by molar-refractivity contribution is 0.281. The third kappa shape index (κ3) is 3.46. The molecule has 0 saturated carbocycles. The number of nitrogens with one attached hydrogen (secondary N) is 1. The van der Waals surface area contributed by atoms with E-state index in [-0.39, 0.29) is 18.0 Å². The molecule has 1 aromatic carbocycles. The second-order valence-corrected chi connectivity index (χ2v) is 7.70. The highest BCUT2D eigenvalue weighted by molar-refractivity contribution is 7.89. The molecule has 0 saturated heterocycles. The molecule has 0 radical (unpaired) electrons. The van der Waals surface area contributed by atoms with E-state index in [1.54, 1.807) is 30.4 Å². The zero-order valence-electron chi connectivity index (χ0n) is 11.4. The van der Waals surface area contributed by atoms with E-state index < -0.39 is 10.0 Å². The minimum absolute atomic E-state index is 0.174. The Morgan fingerprint density at radius 3 is 2.55 bits per heavy atom. The van der Waals surface area contributed by atoms with Crippen LogP contribution in [0.5, 0.6) is 0 Å². The smallest absolute Gasteiger partial charge is 0.241 e. The summed E-state index contributed by atoms with van der Waals surface area (Å²) in [5.74, 6) is 0. The maximum atomic E-state index is 12.3. The van der Waals surface area contributed by atoms with Gasteiger partial charge in [0.15, 0.2) is 0 Å². The van der Waals surface area contributed by atoms with Gasteiger partial charge in [-0.25, -0.2) is 13.1 Å². The summed E-state index contributed by atoms with van der Waals surface area (Å²) in [5.41, 5.74) is 1.25. The van der Waals surface area contributed by atoms with Gasteiger partial charge in [0, 0.05) is 16.3 Å². The Hall–Kier alpha value is -1.21. The van der Waals surface area contributed by atoms with Gasteiger partial charge in [-0.3, -0.25) is 0 Å². The van der Waals surface area contributed by atoms with Crippen molar-refractivity contribution in [1.82, 2.24) is 4.72 Å². The van der Waals surface area contributed by atoms with Crippen LogP contribution in [0.3, 0.4) is 0 Å². The van der Waals surface area contributed by atoms with E-state index in [4.69, 9.17) is 5.11 Å². The normalized spacial score (nSPS) is 11.8. The topological polar surface area (TPSA) is 66.4 Å². The van der Waals surface area contributed by atoms with Gasteiger partial charge >= 0.3 is 0 Å². The second kappa shape index (κ2) is 6.05. The van der Waals surface area contributed by atoms with Gasteiger partial charge in [0.25, 0.3) is 0 Å². The molecule has 6 heteroatoms. The maximum Gasteiger partial charge on any atom is 0.241 e. The molecule has 2 aromatic rings. The summed E-state index contributed by atoms with van der Waals surface area (Å²) in [5, 5.41) is 9.12. The van der Waals surface area contributed by atoms with E-state index in [9.17, 15) is 8.42 Å². The van der Waals surface area contributed by atoms with E-state index in [0.29, 0.717) is 11.1 Å². The third-order valence-electron chi connectivity index (χ3n) is 2.96. The molecule has 2 rings (SSSR count). The molecule has 0 fully saturated rings. The highest BCUT2D eigenvalue weighted by Gasteiger charge is 2.17. The van der Waals surface area contributed by atoms with Crippen LogP contribution in [0.4, 0.5) is 0 Å². The molecule has 0 unspecified atom stereocenters. The van der Waals surface area contributed by atoms with Crippen molar-refractivity contribution in [2.45, 2.75) is 31.9 Å². The number of rotatable bonds is 5. The van der Waals surface area contributed by atoms with Crippen molar-refractivity contribution >= 4 is 21.4 Å². The number of aryl methyl sites for hydroxylation is 2. The number of aliphatic hydroxyl groups is 1. The molecule has 0 amide bonds. The minimum atomic E-state index is -3.57. The highest BCUT2D eigenvalue weighted by Crippen LogP contribution is 2.19. The zero-order valence-corrected chi connectivity index (χ0v) is 13.0. The summed E-state index contributed by atoms with van der Waals surface area (Å²) in [6, 6.07) is 8.81. The summed E-state index contributed by atoms with van der Waals surface area (Å²) < 4.78 is 27.2. The van der Waals surface area contributed by atoms with Crippen LogP contribution in [0, 0.1) is 13.8 Å². The summed E-state index contributed by atoms with van der Waals surface area (Å²) in [7, 11) is -3.57. The summed E-state index contributed by atoms with van der Waals surface area (Å²) in [4.78, 5) is 2.34. The molecule has 0 aliphatic heterocycles. The summed E-state index contributed by atoms with van der Waals surface area (Å²) in [6.07, 6.45) is 0. The van der Waals surface area contributed by atoms with Crippen molar-refractivity contribution in [1.29, 1.82) is 0 Å². The second-order valence-electron chi connectivity index (χ2n) is 4.59. The number of hydrogen-bond acceptors (Lipinski definition) is 4. The lowest BCUT2D eigenvalue weighted by Crippen LogP contribution is -2.23. The van der Waals surface area contributed by atoms with Crippen molar-refractivity contribution in [2.75, 3.05) is 0 Å². The molecule has 1 heterocycles. The first kappa shape index (κ1) is 15.2. The van der Waals surface area contributed by atoms with Gasteiger partial charge in [0.2, 0.25) is 10.0 Å². The van der Waals surface area contributed by atoms with Crippen molar-refractivity contribution in [3.63, 3.8) is 0 Å². The summed E-state index contributed by atoms with van der Waals surface area (Å²) >= 11 is 1.57. The summed E-state index contributed by atoms with van der Waals surface area (Å²) in [6.45, 7) is 3.83. The predicted octanol–water partition coefficient (Wildman–Crippen LogP) is 2.34. The van der Waals surface area contributed by atoms with E-state index in [2.05, 4.69) is 4.72 Å². The fraction of sp³-hybridized carbons (Fsp3) is 0.286. The Bertz CT molecular complexity index is 705. The number of sulfonamides is 1. The average Bonchev–Trinajstić information content (AvgIpc) is 2.83. The van der Waals surface area contributed by atoms with Crippen molar-refractivity contribution in [2.24, 2.45) is 0 Å². The molecular formula is C14H17NO3S2. The van der Waals surface area contributed by atoms with Crippen LogP contribution in [-0.4, -0.2) is 13.5 Å². The third-order valence-corrected chi connectivity index (χ3v) is 5.50. The SMILES string of the molecule is Cc1ccc(CNS(=O)(=O)c2cc(CO)ccc2C)s1. The van der Waals surface area contributed by atoms with E-state index >= 15 is 0 Å². The van der Waals surface area contributed by atoms with E-state index in [1.807, 2.05) is 19.1 Å². The average molecular weight is 311 g/mol. The van der Waals surface area contributed by atoms with Crippen molar-refractivity contribution < 1.29 is 13.5 Å². The Morgan fingerprint density at radius 1 is 1.20 bits per heavy atom. The molecule has 4 nitrogen and oxygen atoms in total. The Labute approximate surface area is 123 Å². The van der Waals surface area contributed by atoms with Crippen LogP contribution in [-0.2, 0) is 23.2 Å². The first-order valence-electron chi connectivity index (χ1n) is 6.18. The molecule has 0 bridgehead atoms. The molecule has 108 valence electrons. The number of hydrogen-bond donors (Lipinski definition) is 2. The van der Waals surface area contributed by atoms with Gasteiger partial charge in [0.05, 0.1) is 11.5 Å². The van der Waals surface area contributed by atoms with Gasteiger partial charge in [-0.1, -0.05) is 12.1 Å². The van der Waals surface area contributed by atoms with Gasteiger partial charge in [-0.2, -0.15) is 0 Å². The predicted molar refractivity (Wildman–Crippen MR) is 80.2 cm³/mol. The minimum Gasteiger partial charge on any atom is -0.392 e. The first-order chi connectivity index (χ1) is 9.42.